The number of fused-ring (bicyclic) bond motifs is 1. The number of benzene rings is 2. The molecule has 0 bridgehead atoms. The highest BCUT2D eigenvalue weighted by molar-refractivity contribution is 6.17. The van der Waals surface area contributed by atoms with Crippen LogP contribution in [0, 0.1) is 12.7 Å². The molecule has 4 rings (SSSR count). The van der Waals surface area contributed by atoms with Crippen LogP contribution in [0.4, 0.5) is 14.9 Å². The molecule has 0 aliphatic carbocycles. The second-order valence-corrected chi connectivity index (χ2v) is 7.00. The van der Waals surface area contributed by atoms with Gasteiger partial charge in [0.25, 0.3) is 0 Å². The number of carbonyl (C=O) groups is 1. The van der Waals surface area contributed by atoms with Crippen molar-refractivity contribution < 1.29 is 18.7 Å². The standard InChI is InChI=1S/C21H22FN5O3/c1-12-9-17(29-3)18(30-4)10-15(12)24-19-25-21(28)26(2)20-23-11-16(27(19)20)13-5-7-14(22)8-6-13/h5-10,16H,11H2,1-4H3,(H,24,25,28). The lowest BCUT2D eigenvalue weighted by molar-refractivity contribution is 0.230. The predicted octanol–water partition coefficient (Wildman–Crippen LogP) is 3.40. The van der Waals surface area contributed by atoms with Gasteiger partial charge in [-0.3, -0.25) is 9.80 Å². The number of guanidine groups is 2. The average molecular weight is 411 g/mol. The van der Waals surface area contributed by atoms with E-state index in [9.17, 15) is 9.18 Å². The van der Waals surface area contributed by atoms with E-state index in [0.29, 0.717) is 35.7 Å². The fourth-order valence-electron chi connectivity index (χ4n) is 3.54. The minimum atomic E-state index is -0.426. The summed E-state index contributed by atoms with van der Waals surface area (Å²) in [6.45, 7) is 2.34. The third-order valence-electron chi connectivity index (χ3n) is 5.18. The molecule has 0 spiro atoms. The zero-order valence-electron chi connectivity index (χ0n) is 17.1. The number of carbonyl (C=O) groups excluding carboxylic acids is 1. The topological polar surface area (TPSA) is 78.8 Å². The number of aryl methyl sites for hydroxylation is 1. The lowest BCUT2D eigenvalue weighted by Gasteiger charge is -2.35. The van der Waals surface area contributed by atoms with Gasteiger partial charge in [0.05, 0.1) is 26.8 Å². The van der Waals surface area contributed by atoms with Gasteiger partial charge in [-0.1, -0.05) is 12.1 Å². The van der Waals surface area contributed by atoms with Crippen molar-refractivity contribution in [3.63, 3.8) is 0 Å². The smallest absolute Gasteiger partial charge is 0.353 e. The molecule has 2 aliphatic rings. The van der Waals surface area contributed by atoms with Crippen molar-refractivity contribution in [1.82, 2.24) is 9.80 Å². The Hall–Kier alpha value is -3.62. The van der Waals surface area contributed by atoms with Crippen LogP contribution in [-0.4, -0.2) is 55.6 Å². The Morgan fingerprint density at radius 2 is 1.80 bits per heavy atom. The number of anilines is 1. The van der Waals surface area contributed by atoms with Crippen LogP contribution in [0.2, 0.25) is 0 Å². The third kappa shape index (κ3) is 3.32. The quantitative estimate of drug-likeness (QED) is 0.834. The molecule has 2 amide bonds. The minimum absolute atomic E-state index is 0.220. The second kappa shape index (κ2) is 7.66. The van der Waals surface area contributed by atoms with Crippen LogP contribution in [0.3, 0.4) is 0 Å². The summed E-state index contributed by atoms with van der Waals surface area (Å²) in [6.07, 6.45) is 0. The van der Waals surface area contributed by atoms with E-state index in [0.717, 1.165) is 11.1 Å². The highest BCUT2D eigenvalue weighted by atomic mass is 19.1. The van der Waals surface area contributed by atoms with Crippen molar-refractivity contribution in [2.45, 2.75) is 13.0 Å². The zero-order valence-corrected chi connectivity index (χ0v) is 17.1. The van der Waals surface area contributed by atoms with Gasteiger partial charge >= 0.3 is 6.03 Å². The van der Waals surface area contributed by atoms with E-state index in [1.54, 1.807) is 39.5 Å². The molecule has 0 radical (unpaired) electrons. The summed E-state index contributed by atoms with van der Waals surface area (Å²) in [7, 11) is 4.76. The van der Waals surface area contributed by atoms with Gasteiger partial charge in [-0.2, -0.15) is 4.99 Å². The summed E-state index contributed by atoms with van der Waals surface area (Å²) in [4.78, 5) is 24.4. The maximum absolute atomic E-state index is 13.4. The molecule has 9 heteroatoms. The molecule has 156 valence electrons. The van der Waals surface area contributed by atoms with Crippen LogP contribution in [0.5, 0.6) is 11.5 Å². The molecule has 2 aromatic carbocycles. The van der Waals surface area contributed by atoms with Crippen molar-refractivity contribution in [1.29, 1.82) is 0 Å². The van der Waals surface area contributed by atoms with E-state index in [1.807, 2.05) is 17.9 Å². The first-order valence-corrected chi connectivity index (χ1v) is 9.38. The predicted molar refractivity (Wildman–Crippen MR) is 112 cm³/mol. The van der Waals surface area contributed by atoms with Gasteiger partial charge in [0, 0.05) is 18.8 Å². The lowest BCUT2D eigenvalue weighted by Crippen LogP contribution is -2.53. The summed E-state index contributed by atoms with van der Waals surface area (Å²) in [5.41, 5.74) is 2.47. The summed E-state index contributed by atoms with van der Waals surface area (Å²) >= 11 is 0. The molecule has 8 nitrogen and oxygen atoms in total. The molecule has 1 atom stereocenters. The van der Waals surface area contributed by atoms with Crippen LogP contribution in [-0.2, 0) is 0 Å². The SMILES string of the molecule is COc1cc(C)c(NC2=NC(=O)N(C)C3=NCC(c4ccc(F)cc4)N23)cc1OC. The molecule has 0 fully saturated rings. The van der Waals surface area contributed by atoms with Gasteiger partial charge in [-0.05, 0) is 36.2 Å². The monoisotopic (exact) mass is 411 g/mol. The van der Waals surface area contributed by atoms with E-state index in [4.69, 9.17) is 9.47 Å². The average Bonchev–Trinajstić information content (AvgIpc) is 3.19. The first-order valence-electron chi connectivity index (χ1n) is 9.38. The van der Waals surface area contributed by atoms with Gasteiger partial charge in [0.15, 0.2) is 11.5 Å². The maximum atomic E-state index is 13.4. The first kappa shape index (κ1) is 19.7. The zero-order chi connectivity index (χ0) is 21.4. The van der Waals surface area contributed by atoms with Gasteiger partial charge in [-0.25, -0.2) is 14.2 Å². The molecule has 0 saturated heterocycles. The molecule has 0 aromatic heterocycles. The molecule has 30 heavy (non-hydrogen) atoms. The number of nitrogens with zero attached hydrogens (tertiary/aromatic N) is 4. The molecular formula is C21H22FN5O3. The number of hydrogen-bond acceptors (Lipinski definition) is 6. The summed E-state index contributed by atoms with van der Waals surface area (Å²) < 4.78 is 24.1. The molecule has 2 aromatic rings. The van der Waals surface area contributed by atoms with Crippen LogP contribution in [0.1, 0.15) is 17.2 Å². The Labute approximate surface area is 173 Å². The first-order chi connectivity index (χ1) is 14.4. The van der Waals surface area contributed by atoms with Crippen molar-refractivity contribution in [3.05, 3.63) is 53.3 Å². The normalized spacial score (nSPS) is 18.0. The molecular weight excluding hydrogens is 389 g/mol. The Morgan fingerprint density at radius 1 is 1.13 bits per heavy atom. The van der Waals surface area contributed by atoms with Crippen molar-refractivity contribution in [3.8, 4) is 11.5 Å². The Balaban J connectivity index is 1.72. The van der Waals surface area contributed by atoms with Crippen LogP contribution in [0.25, 0.3) is 0 Å². The molecule has 1 N–H and O–H groups in total. The van der Waals surface area contributed by atoms with E-state index in [-0.39, 0.29) is 11.9 Å². The molecule has 2 heterocycles. The molecule has 1 unspecified atom stereocenters. The fraction of sp³-hybridized carbons (Fsp3) is 0.286. The largest absolute Gasteiger partial charge is 0.493 e. The number of amides is 2. The highest BCUT2D eigenvalue weighted by Crippen LogP contribution is 2.35. The van der Waals surface area contributed by atoms with Crippen LogP contribution >= 0.6 is 0 Å². The highest BCUT2D eigenvalue weighted by Gasteiger charge is 2.40. The Bertz CT molecular complexity index is 1050. The fourth-order valence-corrected chi connectivity index (χ4v) is 3.54. The number of aliphatic imine (C=N–C) groups is 2. The number of hydrogen-bond donors (Lipinski definition) is 1. The van der Waals surface area contributed by atoms with E-state index >= 15 is 0 Å². The van der Waals surface area contributed by atoms with E-state index in [1.165, 1.54) is 17.0 Å². The number of rotatable bonds is 4. The summed E-state index contributed by atoms with van der Waals surface area (Å²) in [5.74, 6) is 1.69. The lowest BCUT2D eigenvalue weighted by atomic mass is 10.1. The molecule has 0 saturated carbocycles. The summed E-state index contributed by atoms with van der Waals surface area (Å²) in [5, 5.41) is 3.25. The number of nitrogens with one attached hydrogen (secondary N) is 1. The van der Waals surface area contributed by atoms with Crippen molar-refractivity contribution in [2.75, 3.05) is 33.1 Å². The Morgan fingerprint density at radius 3 is 2.47 bits per heavy atom. The number of urea groups is 1. The number of ether oxygens (including phenoxy) is 2. The number of halogens is 1. The van der Waals surface area contributed by atoms with Gasteiger partial charge in [-0.15, -0.1) is 0 Å². The maximum Gasteiger partial charge on any atom is 0.353 e. The van der Waals surface area contributed by atoms with Gasteiger partial charge < -0.3 is 14.8 Å². The molecule has 2 aliphatic heterocycles. The van der Waals surface area contributed by atoms with Gasteiger partial charge in [0.1, 0.15) is 5.82 Å². The van der Waals surface area contributed by atoms with Gasteiger partial charge in [0.2, 0.25) is 11.9 Å². The van der Waals surface area contributed by atoms with Crippen LogP contribution < -0.4 is 14.8 Å². The minimum Gasteiger partial charge on any atom is -0.493 e. The third-order valence-corrected chi connectivity index (χ3v) is 5.18. The van der Waals surface area contributed by atoms with E-state index in [2.05, 4.69) is 15.3 Å². The number of methoxy groups -OCH3 is 2. The van der Waals surface area contributed by atoms with Crippen molar-refractivity contribution in [2.24, 2.45) is 9.98 Å². The second-order valence-electron chi connectivity index (χ2n) is 7.00. The van der Waals surface area contributed by atoms with Crippen molar-refractivity contribution >= 4 is 23.6 Å². The van der Waals surface area contributed by atoms with E-state index < -0.39 is 6.03 Å². The summed E-state index contributed by atoms with van der Waals surface area (Å²) in [6, 6.07) is 9.24. The Kier molecular flexibility index (Phi) is 5.03. The van der Waals surface area contributed by atoms with Crippen LogP contribution in [0.15, 0.2) is 46.4 Å².